The molecule has 0 saturated carbocycles. The van der Waals surface area contributed by atoms with Crippen LogP contribution in [0.5, 0.6) is 5.19 Å². The molecule has 3 heterocycles. The predicted octanol–water partition coefficient (Wildman–Crippen LogP) is 1.83. The van der Waals surface area contributed by atoms with Crippen molar-refractivity contribution >= 4 is 17.2 Å². The van der Waals surface area contributed by atoms with Gasteiger partial charge in [0.25, 0.3) is 11.1 Å². The van der Waals surface area contributed by atoms with Crippen LogP contribution < -0.4 is 4.74 Å². The molecule has 1 fully saturated rings. The fraction of sp³-hybridized carbons (Fsp3) is 0.308. The average molecular weight is 275 g/mol. The van der Waals surface area contributed by atoms with E-state index in [1.807, 2.05) is 10.3 Å². The number of carbonyl (C=O) groups excluding carboxylic acids is 1. The van der Waals surface area contributed by atoms with E-state index < -0.39 is 0 Å². The monoisotopic (exact) mass is 275 g/mol. The van der Waals surface area contributed by atoms with Crippen LogP contribution in [0.15, 0.2) is 36.1 Å². The number of likely N-dealkylation sites (tertiary alicyclic amines) is 1. The first-order valence-corrected chi connectivity index (χ1v) is 6.96. The molecule has 0 aromatic carbocycles. The number of aromatic nitrogens is 2. The molecular weight excluding hydrogens is 262 g/mol. The smallest absolute Gasteiger partial charge is 0.273 e. The minimum Gasteiger partial charge on any atom is -0.465 e. The molecule has 0 aliphatic carbocycles. The molecule has 1 unspecified atom stereocenters. The van der Waals surface area contributed by atoms with Crippen LogP contribution in [0.3, 0.4) is 0 Å². The van der Waals surface area contributed by atoms with Gasteiger partial charge in [0.2, 0.25) is 0 Å². The van der Waals surface area contributed by atoms with Crippen LogP contribution >= 0.6 is 11.3 Å². The molecule has 1 atom stereocenters. The number of carbonyl (C=O) groups is 1. The molecule has 1 amide bonds. The van der Waals surface area contributed by atoms with Gasteiger partial charge in [-0.05, 0) is 12.1 Å². The molecule has 1 aliphatic heterocycles. The van der Waals surface area contributed by atoms with Crippen LogP contribution in [0.1, 0.15) is 16.8 Å². The zero-order valence-corrected chi connectivity index (χ0v) is 11.0. The molecule has 98 valence electrons. The average Bonchev–Trinajstić information content (AvgIpc) is 3.11. The topological polar surface area (TPSA) is 55.3 Å². The molecule has 0 bridgehead atoms. The van der Waals surface area contributed by atoms with Crippen molar-refractivity contribution in [2.75, 3.05) is 13.1 Å². The lowest BCUT2D eigenvalue weighted by molar-refractivity contribution is 0.0772. The quantitative estimate of drug-likeness (QED) is 0.857. The molecule has 0 spiro atoms. The van der Waals surface area contributed by atoms with Gasteiger partial charge in [0.1, 0.15) is 6.10 Å². The number of thiazole rings is 1. The summed E-state index contributed by atoms with van der Waals surface area (Å²) < 4.78 is 5.73. The number of nitrogens with zero attached hydrogens (tertiary/aromatic N) is 3. The molecule has 6 heteroatoms. The molecule has 1 saturated heterocycles. The molecule has 0 radical (unpaired) electrons. The molecular formula is C13H13N3O2S. The predicted molar refractivity (Wildman–Crippen MR) is 71.3 cm³/mol. The second-order valence-corrected chi connectivity index (χ2v) is 5.17. The largest absolute Gasteiger partial charge is 0.465 e. The highest BCUT2D eigenvalue weighted by molar-refractivity contribution is 7.11. The summed E-state index contributed by atoms with van der Waals surface area (Å²) in [7, 11) is 0. The summed E-state index contributed by atoms with van der Waals surface area (Å²) in [5.74, 6) is 0.0349. The Hall–Kier alpha value is -1.95. The maximum absolute atomic E-state index is 12.2. The van der Waals surface area contributed by atoms with E-state index in [2.05, 4.69) is 9.97 Å². The van der Waals surface area contributed by atoms with Crippen LogP contribution in [0.25, 0.3) is 0 Å². The normalized spacial score (nSPS) is 18.5. The van der Waals surface area contributed by atoms with Crippen molar-refractivity contribution in [2.24, 2.45) is 0 Å². The molecule has 5 nitrogen and oxygen atoms in total. The van der Waals surface area contributed by atoms with E-state index in [-0.39, 0.29) is 12.0 Å². The minimum atomic E-state index is 0.0349. The van der Waals surface area contributed by atoms with Crippen molar-refractivity contribution < 1.29 is 9.53 Å². The molecule has 2 aromatic rings. The molecule has 1 aliphatic rings. The van der Waals surface area contributed by atoms with Crippen molar-refractivity contribution in [3.05, 3.63) is 41.7 Å². The van der Waals surface area contributed by atoms with E-state index >= 15 is 0 Å². The van der Waals surface area contributed by atoms with Gasteiger partial charge >= 0.3 is 0 Å². The van der Waals surface area contributed by atoms with Crippen molar-refractivity contribution in [2.45, 2.75) is 12.5 Å². The maximum Gasteiger partial charge on any atom is 0.273 e. The van der Waals surface area contributed by atoms with E-state index in [1.54, 1.807) is 30.7 Å². The van der Waals surface area contributed by atoms with Gasteiger partial charge in [0.05, 0.1) is 6.54 Å². The third kappa shape index (κ3) is 2.73. The lowest BCUT2D eigenvalue weighted by Gasteiger charge is -2.16. The number of hydrogen-bond acceptors (Lipinski definition) is 5. The van der Waals surface area contributed by atoms with Crippen molar-refractivity contribution in [3.63, 3.8) is 0 Å². The summed E-state index contributed by atoms with van der Waals surface area (Å²) in [4.78, 5) is 22.0. The third-order valence-corrected chi connectivity index (χ3v) is 3.70. The molecule has 3 rings (SSSR count). The second-order valence-electron chi connectivity index (χ2n) is 4.31. The number of hydrogen-bond donors (Lipinski definition) is 0. The van der Waals surface area contributed by atoms with Crippen LogP contribution in [0.4, 0.5) is 0 Å². The maximum atomic E-state index is 12.2. The first kappa shape index (κ1) is 12.1. The summed E-state index contributed by atoms with van der Waals surface area (Å²) in [5, 5.41) is 2.55. The Balaban J connectivity index is 1.61. The summed E-state index contributed by atoms with van der Waals surface area (Å²) in [6, 6.07) is 3.47. The van der Waals surface area contributed by atoms with Gasteiger partial charge in [-0.3, -0.25) is 9.78 Å². The van der Waals surface area contributed by atoms with Crippen molar-refractivity contribution in [3.8, 4) is 5.19 Å². The summed E-state index contributed by atoms with van der Waals surface area (Å²) in [6.07, 6.45) is 5.86. The molecule has 2 aromatic heterocycles. The first-order chi connectivity index (χ1) is 9.33. The molecule has 0 N–H and O–H groups in total. The van der Waals surface area contributed by atoms with Crippen LogP contribution in [-0.4, -0.2) is 40.0 Å². The zero-order valence-electron chi connectivity index (χ0n) is 10.2. The third-order valence-electron chi connectivity index (χ3n) is 3.04. The van der Waals surface area contributed by atoms with Gasteiger partial charge in [-0.2, -0.15) is 0 Å². The van der Waals surface area contributed by atoms with Crippen LogP contribution in [0, 0.1) is 0 Å². The van der Waals surface area contributed by atoms with E-state index in [4.69, 9.17) is 4.74 Å². The Morgan fingerprint density at radius 2 is 2.21 bits per heavy atom. The van der Waals surface area contributed by atoms with E-state index in [9.17, 15) is 4.79 Å². The van der Waals surface area contributed by atoms with Gasteiger partial charge < -0.3 is 9.64 Å². The summed E-state index contributed by atoms with van der Waals surface area (Å²) >= 11 is 1.47. The highest BCUT2D eigenvalue weighted by atomic mass is 32.1. The minimum absolute atomic E-state index is 0.0349. The van der Waals surface area contributed by atoms with E-state index in [1.165, 1.54) is 11.3 Å². The van der Waals surface area contributed by atoms with Gasteiger partial charge in [-0.15, -0.1) is 0 Å². The number of amides is 1. The molecule has 19 heavy (non-hydrogen) atoms. The number of ether oxygens (including phenoxy) is 1. The van der Waals surface area contributed by atoms with E-state index in [0.717, 1.165) is 13.0 Å². The summed E-state index contributed by atoms with van der Waals surface area (Å²) in [6.45, 7) is 1.33. The van der Waals surface area contributed by atoms with Crippen LogP contribution in [0.2, 0.25) is 0 Å². The van der Waals surface area contributed by atoms with Gasteiger partial charge in [-0.25, -0.2) is 4.98 Å². The Labute approximate surface area is 114 Å². The summed E-state index contributed by atoms with van der Waals surface area (Å²) in [5.41, 5.74) is 0.671. The second kappa shape index (κ2) is 5.36. The zero-order chi connectivity index (χ0) is 13.1. The lowest BCUT2D eigenvalue weighted by Crippen LogP contribution is -2.30. The van der Waals surface area contributed by atoms with Gasteiger partial charge in [-0.1, -0.05) is 11.3 Å². The Bertz CT molecular complexity index is 544. The lowest BCUT2D eigenvalue weighted by atomic mass is 10.2. The Morgan fingerprint density at radius 3 is 2.95 bits per heavy atom. The Morgan fingerprint density at radius 1 is 1.37 bits per heavy atom. The van der Waals surface area contributed by atoms with Gasteiger partial charge in [0.15, 0.2) is 0 Å². The first-order valence-electron chi connectivity index (χ1n) is 6.08. The number of pyridine rings is 1. The number of rotatable bonds is 3. The van der Waals surface area contributed by atoms with Crippen LogP contribution in [-0.2, 0) is 0 Å². The van der Waals surface area contributed by atoms with Crippen molar-refractivity contribution in [1.82, 2.24) is 14.9 Å². The standard InChI is InChI=1S/C13H13N3O2S/c17-12(10-1-4-14-5-2-10)16-7-3-11(9-16)18-13-15-6-8-19-13/h1-2,4-6,8,11H,3,7,9H2. The van der Waals surface area contributed by atoms with Crippen molar-refractivity contribution in [1.29, 1.82) is 0 Å². The highest BCUT2D eigenvalue weighted by Crippen LogP contribution is 2.21. The van der Waals surface area contributed by atoms with E-state index in [0.29, 0.717) is 17.3 Å². The fourth-order valence-corrected chi connectivity index (χ4v) is 2.65. The SMILES string of the molecule is O=C(c1ccncc1)N1CCC(Oc2nccs2)C1. The Kier molecular flexibility index (Phi) is 3.41. The highest BCUT2D eigenvalue weighted by Gasteiger charge is 2.28. The van der Waals surface area contributed by atoms with Gasteiger partial charge in [0, 0.05) is 42.5 Å². The fourth-order valence-electron chi connectivity index (χ4n) is 2.10.